The predicted molar refractivity (Wildman–Crippen MR) is 77.9 cm³/mol. The molecule has 1 nitrogen and oxygen atoms in total. The summed E-state index contributed by atoms with van der Waals surface area (Å²) in [5.41, 5.74) is 1.53. The van der Waals surface area contributed by atoms with Crippen LogP contribution >= 0.6 is 11.3 Å². The van der Waals surface area contributed by atoms with Crippen LogP contribution in [0.25, 0.3) is 10.1 Å². The lowest BCUT2D eigenvalue weighted by molar-refractivity contribution is 0.317. The fourth-order valence-corrected chi connectivity index (χ4v) is 3.33. The van der Waals surface area contributed by atoms with E-state index in [4.69, 9.17) is 0 Å². The molecule has 0 spiro atoms. The second-order valence-electron chi connectivity index (χ2n) is 5.00. The van der Waals surface area contributed by atoms with Crippen molar-refractivity contribution in [3.8, 4) is 0 Å². The SMILES string of the molecule is CCC(Cc1csc2ccccc12)CN(C)C. The Labute approximate surface area is 108 Å². The van der Waals surface area contributed by atoms with Crippen LogP contribution in [-0.2, 0) is 6.42 Å². The van der Waals surface area contributed by atoms with Crippen LogP contribution in [0.1, 0.15) is 18.9 Å². The van der Waals surface area contributed by atoms with Crippen LogP contribution in [0.5, 0.6) is 0 Å². The Kier molecular flexibility index (Phi) is 4.19. The summed E-state index contributed by atoms with van der Waals surface area (Å²) in [6, 6.07) is 8.74. The Morgan fingerprint density at radius 2 is 2.00 bits per heavy atom. The molecule has 0 radical (unpaired) electrons. The maximum atomic E-state index is 2.34. The zero-order valence-corrected chi connectivity index (χ0v) is 11.8. The highest BCUT2D eigenvalue weighted by Crippen LogP contribution is 2.28. The summed E-state index contributed by atoms with van der Waals surface area (Å²) in [5, 5.41) is 3.79. The summed E-state index contributed by atoms with van der Waals surface area (Å²) in [7, 11) is 4.32. The third kappa shape index (κ3) is 3.08. The minimum Gasteiger partial charge on any atom is -0.309 e. The second-order valence-corrected chi connectivity index (χ2v) is 5.91. The molecule has 1 heterocycles. The van der Waals surface area contributed by atoms with Gasteiger partial charge in [-0.3, -0.25) is 0 Å². The van der Waals surface area contributed by atoms with Crippen LogP contribution < -0.4 is 0 Å². The van der Waals surface area contributed by atoms with E-state index in [0.29, 0.717) is 0 Å². The summed E-state index contributed by atoms with van der Waals surface area (Å²) in [6.45, 7) is 3.48. The molecule has 0 bridgehead atoms. The first-order valence-electron chi connectivity index (χ1n) is 6.30. The molecule has 1 aromatic carbocycles. The van der Waals surface area contributed by atoms with E-state index in [0.717, 1.165) is 5.92 Å². The molecule has 0 aliphatic heterocycles. The van der Waals surface area contributed by atoms with Crippen LogP contribution in [0.15, 0.2) is 29.6 Å². The monoisotopic (exact) mass is 247 g/mol. The summed E-state index contributed by atoms with van der Waals surface area (Å²) in [4.78, 5) is 2.29. The molecule has 0 aliphatic rings. The van der Waals surface area contributed by atoms with Gasteiger partial charge in [-0.15, -0.1) is 11.3 Å². The largest absolute Gasteiger partial charge is 0.309 e. The van der Waals surface area contributed by atoms with Gasteiger partial charge in [0.15, 0.2) is 0 Å². The number of nitrogens with zero attached hydrogens (tertiary/aromatic N) is 1. The molecule has 2 rings (SSSR count). The topological polar surface area (TPSA) is 3.24 Å². The lowest BCUT2D eigenvalue weighted by atomic mass is 9.96. The van der Waals surface area contributed by atoms with Gasteiger partial charge in [-0.25, -0.2) is 0 Å². The van der Waals surface area contributed by atoms with E-state index in [-0.39, 0.29) is 0 Å². The normalized spacial score (nSPS) is 13.4. The van der Waals surface area contributed by atoms with E-state index in [1.54, 1.807) is 0 Å². The highest BCUT2D eigenvalue weighted by atomic mass is 32.1. The molecule has 2 heteroatoms. The van der Waals surface area contributed by atoms with Crippen LogP contribution in [-0.4, -0.2) is 25.5 Å². The van der Waals surface area contributed by atoms with E-state index in [1.807, 2.05) is 11.3 Å². The number of thiophene rings is 1. The van der Waals surface area contributed by atoms with Gasteiger partial charge in [0.1, 0.15) is 0 Å². The first kappa shape index (κ1) is 12.6. The average molecular weight is 247 g/mol. The molecule has 0 fully saturated rings. The average Bonchev–Trinajstić information content (AvgIpc) is 2.71. The van der Waals surface area contributed by atoms with Gasteiger partial charge in [0.25, 0.3) is 0 Å². The summed E-state index contributed by atoms with van der Waals surface area (Å²) in [6.07, 6.45) is 2.46. The quantitative estimate of drug-likeness (QED) is 0.771. The van der Waals surface area contributed by atoms with Crippen LogP contribution in [0.4, 0.5) is 0 Å². The van der Waals surface area contributed by atoms with Gasteiger partial charge in [0, 0.05) is 11.2 Å². The van der Waals surface area contributed by atoms with Gasteiger partial charge in [0.2, 0.25) is 0 Å². The van der Waals surface area contributed by atoms with Gasteiger partial charge >= 0.3 is 0 Å². The Balaban J connectivity index is 2.16. The zero-order chi connectivity index (χ0) is 12.3. The maximum absolute atomic E-state index is 2.34. The van der Waals surface area contributed by atoms with Gasteiger partial charge in [0.05, 0.1) is 0 Å². The molecule has 0 N–H and O–H groups in total. The van der Waals surface area contributed by atoms with E-state index in [9.17, 15) is 0 Å². The molecule has 1 atom stereocenters. The number of benzene rings is 1. The third-order valence-corrected chi connectivity index (χ3v) is 4.28. The standard InChI is InChI=1S/C15H21NS/c1-4-12(10-16(2)3)9-13-11-17-15-8-6-5-7-14(13)15/h5-8,11-12H,4,9-10H2,1-3H3. The zero-order valence-electron chi connectivity index (χ0n) is 10.9. The van der Waals surface area contributed by atoms with Crippen LogP contribution in [0, 0.1) is 5.92 Å². The van der Waals surface area contributed by atoms with Crippen molar-refractivity contribution in [2.45, 2.75) is 19.8 Å². The van der Waals surface area contributed by atoms with E-state index in [2.05, 4.69) is 55.6 Å². The number of hydrogen-bond acceptors (Lipinski definition) is 2. The molecule has 17 heavy (non-hydrogen) atoms. The van der Waals surface area contributed by atoms with Crippen molar-refractivity contribution in [2.75, 3.05) is 20.6 Å². The molecule has 0 saturated carbocycles. The minimum absolute atomic E-state index is 0.767. The summed E-state index contributed by atoms with van der Waals surface area (Å²) in [5.74, 6) is 0.767. The Morgan fingerprint density at radius 3 is 2.71 bits per heavy atom. The number of fused-ring (bicyclic) bond motifs is 1. The van der Waals surface area contributed by atoms with Crippen molar-refractivity contribution in [1.82, 2.24) is 4.90 Å². The van der Waals surface area contributed by atoms with Crippen molar-refractivity contribution in [3.05, 3.63) is 35.2 Å². The molecular formula is C15H21NS. The van der Waals surface area contributed by atoms with Gasteiger partial charge in [-0.2, -0.15) is 0 Å². The van der Waals surface area contributed by atoms with E-state index >= 15 is 0 Å². The first-order valence-corrected chi connectivity index (χ1v) is 7.18. The van der Waals surface area contributed by atoms with Crippen molar-refractivity contribution >= 4 is 21.4 Å². The van der Waals surface area contributed by atoms with Crippen LogP contribution in [0.3, 0.4) is 0 Å². The van der Waals surface area contributed by atoms with Crippen molar-refractivity contribution in [2.24, 2.45) is 5.92 Å². The fraction of sp³-hybridized carbons (Fsp3) is 0.467. The van der Waals surface area contributed by atoms with Crippen molar-refractivity contribution in [1.29, 1.82) is 0 Å². The highest BCUT2D eigenvalue weighted by Gasteiger charge is 2.11. The van der Waals surface area contributed by atoms with Crippen molar-refractivity contribution < 1.29 is 0 Å². The van der Waals surface area contributed by atoms with E-state index in [1.165, 1.54) is 35.0 Å². The summed E-state index contributed by atoms with van der Waals surface area (Å²) < 4.78 is 1.42. The fourth-order valence-electron chi connectivity index (χ4n) is 2.36. The molecule has 1 unspecified atom stereocenters. The Bertz CT molecular complexity index is 472. The molecular weight excluding hydrogens is 226 g/mol. The van der Waals surface area contributed by atoms with E-state index < -0.39 is 0 Å². The van der Waals surface area contributed by atoms with Crippen molar-refractivity contribution in [3.63, 3.8) is 0 Å². The Morgan fingerprint density at radius 1 is 1.24 bits per heavy atom. The lowest BCUT2D eigenvalue weighted by Crippen LogP contribution is -2.22. The molecule has 0 aliphatic carbocycles. The second kappa shape index (κ2) is 5.65. The molecule has 1 aromatic heterocycles. The Hall–Kier alpha value is -0.860. The lowest BCUT2D eigenvalue weighted by Gasteiger charge is -2.19. The number of rotatable bonds is 5. The van der Waals surface area contributed by atoms with Crippen LogP contribution in [0.2, 0.25) is 0 Å². The highest BCUT2D eigenvalue weighted by molar-refractivity contribution is 7.17. The summed E-state index contributed by atoms with van der Waals surface area (Å²) >= 11 is 1.87. The third-order valence-electron chi connectivity index (χ3n) is 3.27. The maximum Gasteiger partial charge on any atom is 0.0345 e. The smallest absolute Gasteiger partial charge is 0.0345 e. The van der Waals surface area contributed by atoms with Gasteiger partial charge < -0.3 is 4.90 Å². The van der Waals surface area contributed by atoms with Gasteiger partial charge in [-0.1, -0.05) is 31.5 Å². The predicted octanol–water partition coefficient (Wildman–Crippen LogP) is 4.03. The molecule has 0 amide bonds. The molecule has 0 saturated heterocycles. The number of hydrogen-bond donors (Lipinski definition) is 0. The minimum atomic E-state index is 0.767. The first-order chi connectivity index (χ1) is 8.20. The molecule has 2 aromatic rings. The van der Waals surface area contributed by atoms with Gasteiger partial charge in [-0.05, 0) is 48.8 Å². The molecule has 92 valence electrons.